The van der Waals surface area contributed by atoms with Crippen LogP contribution in [0.25, 0.3) is 0 Å². The molecule has 2 fully saturated rings. The molecular weight excluding hydrogens is 232 g/mol. The van der Waals surface area contributed by atoms with Crippen LogP contribution in [0.4, 0.5) is 0 Å². The quantitative estimate of drug-likeness (QED) is 0.792. The second-order valence-electron chi connectivity index (χ2n) is 7.60. The molecular formula is C17H34N2. The summed E-state index contributed by atoms with van der Waals surface area (Å²) in [6.07, 6.45) is 12.7. The number of rotatable bonds is 6. The lowest BCUT2D eigenvalue weighted by atomic mass is 9.78. The Morgan fingerprint density at radius 3 is 2.58 bits per heavy atom. The molecule has 2 aliphatic rings. The minimum Gasteiger partial charge on any atom is -0.330 e. The minimum absolute atomic E-state index is 0.441. The van der Waals surface area contributed by atoms with E-state index in [1.807, 2.05) is 0 Å². The Labute approximate surface area is 120 Å². The van der Waals surface area contributed by atoms with Crippen LogP contribution in [0.15, 0.2) is 0 Å². The highest BCUT2D eigenvalue weighted by atomic mass is 15.2. The molecule has 1 heterocycles. The number of likely N-dealkylation sites (tertiary alicyclic amines) is 1. The first-order chi connectivity index (χ1) is 9.12. The van der Waals surface area contributed by atoms with Crippen LogP contribution < -0.4 is 5.73 Å². The van der Waals surface area contributed by atoms with Gasteiger partial charge in [-0.2, -0.15) is 0 Å². The Morgan fingerprint density at radius 2 is 1.79 bits per heavy atom. The summed E-state index contributed by atoms with van der Waals surface area (Å²) in [5.74, 6) is 1.03. The summed E-state index contributed by atoms with van der Waals surface area (Å²) in [6.45, 7) is 8.27. The molecule has 112 valence electrons. The van der Waals surface area contributed by atoms with Crippen LogP contribution in [0.3, 0.4) is 0 Å². The van der Waals surface area contributed by atoms with Crippen LogP contribution in [0.1, 0.15) is 71.6 Å². The average molecular weight is 266 g/mol. The van der Waals surface area contributed by atoms with Gasteiger partial charge in [-0.15, -0.1) is 0 Å². The van der Waals surface area contributed by atoms with Gasteiger partial charge in [0.15, 0.2) is 0 Å². The first-order valence-electron chi connectivity index (χ1n) is 8.56. The van der Waals surface area contributed by atoms with Crippen LogP contribution in [0, 0.1) is 11.3 Å². The molecule has 0 amide bonds. The van der Waals surface area contributed by atoms with Crippen molar-refractivity contribution in [2.45, 2.75) is 77.7 Å². The van der Waals surface area contributed by atoms with Crippen molar-refractivity contribution in [3.63, 3.8) is 0 Å². The zero-order chi connectivity index (χ0) is 13.7. The molecule has 1 aliphatic heterocycles. The molecule has 2 atom stereocenters. The fourth-order valence-electron chi connectivity index (χ4n) is 4.28. The number of nitrogens with zero attached hydrogens (tertiary/aromatic N) is 1. The molecule has 2 rings (SSSR count). The average Bonchev–Trinajstić information content (AvgIpc) is 2.39. The van der Waals surface area contributed by atoms with E-state index in [1.54, 1.807) is 0 Å². The van der Waals surface area contributed by atoms with E-state index in [2.05, 4.69) is 18.7 Å². The van der Waals surface area contributed by atoms with Crippen molar-refractivity contribution >= 4 is 0 Å². The Morgan fingerprint density at radius 1 is 1.05 bits per heavy atom. The zero-order valence-electron chi connectivity index (χ0n) is 13.2. The largest absolute Gasteiger partial charge is 0.330 e. The maximum absolute atomic E-state index is 5.71. The van der Waals surface area contributed by atoms with Crippen molar-refractivity contribution in [2.75, 3.05) is 19.6 Å². The van der Waals surface area contributed by atoms with Crippen LogP contribution in [0.5, 0.6) is 0 Å². The molecule has 0 radical (unpaired) electrons. The lowest BCUT2D eigenvalue weighted by Gasteiger charge is -2.44. The van der Waals surface area contributed by atoms with Gasteiger partial charge in [0.2, 0.25) is 0 Å². The number of hydrogen-bond acceptors (Lipinski definition) is 2. The van der Waals surface area contributed by atoms with Gasteiger partial charge in [-0.1, -0.05) is 26.7 Å². The van der Waals surface area contributed by atoms with Gasteiger partial charge in [-0.05, 0) is 75.9 Å². The molecule has 19 heavy (non-hydrogen) atoms. The summed E-state index contributed by atoms with van der Waals surface area (Å²) < 4.78 is 0. The number of fused-ring (bicyclic) bond motifs is 1. The SMILES string of the molecule is CC(C)(CCN)CCCN1CCCC2CCCCC21. The Bertz CT molecular complexity index is 260. The van der Waals surface area contributed by atoms with Crippen molar-refractivity contribution in [2.24, 2.45) is 17.1 Å². The Balaban J connectivity index is 1.75. The minimum atomic E-state index is 0.441. The van der Waals surface area contributed by atoms with Gasteiger partial charge >= 0.3 is 0 Å². The van der Waals surface area contributed by atoms with Crippen molar-refractivity contribution in [3.8, 4) is 0 Å². The van der Waals surface area contributed by atoms with Crippen LogP contribution in [-0.2, 0) is 0 Å². The third-order valence-corrected chi connectivity index (χ3v) is 5.48. The summed E-state index contributed by atoms with van der Waals surface area (Å²) >= 11 is 0. The van der Waals surface area contributed by atoms with Crippen molar-refractivity contribution in [1.82, 2.24) is 4.90 Å². The predicted molar refractivity (Wildman–Crippen MR) is 83.2 cm³/mol. The van der Waals surface area contributed by atoms with Gasteiger partial charge in [0, 0.05) is 6.04 Å². The molecule has 0 bridgehead atoms. The van der Waals surface area contributed by atoms with E-state index in [0.29, 0.717) is 5.41 Å². The number of hydrogen-bond donors (Lipinski definition) is 1. The summed E-state index contributed by atoms with van der Waals surface area (Å²) in [6, 6.07) is 0.931. The monoisotopic (exact) mass is 266 g/mol. The van der Waals surface area contributed by atoms with E-state index in [0.717, 1.165) is 18.5 Å². The fourth-order valence-corrected chi connectivity index (χ4v) is 4.28. The Kier molecular flexibility index (Phi) is 5.70. The van der Waals surface area contributed by atoms with Crippen LogP contribution >= 0.6 is 0 Å². The topological polar surface area (TPSA) is 29.3 Å². The predicted octanol–water partition coefficient (Wildman–Crippen LogP) is 3.80. The molecule has 2 heteroatoms. The first kappa shape index (κ1) is 15.3. The molecule has 1 saturated heterocycles. The molecule has 0 spiro atoms. The van der Waals surface area contributed by atoms with Crippen molar-refractivity contribution in [3.05, 3.63) is 0 Å². The molecule has 1 saturated carbocycles. The summed E-state index contributed by atoms with van der Waals surface area (Å²) in [5.41, 5.74) is 6.15. The summed E-state index contributed by atoms with van der Waals surface area (Å²) in [7, 11) is 0. The van der Waals surface area contributed by atoms with E-state index in [-0.39, 0.29) is 0 Å². The standard InChI is InChI=1S/C17H34N2/c1-17(2,11-12-18)10-6-14-19-13-5-8-15-7-3-4-9-16(15)19/h15-16H,3-14,18H2,1-2H3. The zero-order valence-corrected chi connectivity index (χ0v) is 13.2. The Hall–Kier alpha value is -0.0800. The van der Waals surface area contributed by atoms with Gasteiger partial charge in [0.25, 0.3) is 0 Å². The van der Waals surface area contributed by atoms with E-state index in [1.165, 1.54) is 70.9 Å². The van der Waals surface area contributed by atoms with Crippen LogP contribution in [-0.4, -0.2) is 30.6 Å². The van der Waals surface area contributed by atoms with E-state index >= 15 is 0 Å². The third-order valence-electron chi connectivity index (χ3n) is 5.48. The normalized spacial score (nSPS) is 29.2. The molecule has 0 aromatic carbocycles. The second kappa shape index (κ2) is 7.08. The highest BCUT2D eigenvalue weighted by Gasteiger charge is 2.32. The van der Waals surface area contributed by atoms with Gasteiger partial charge in [-0.3, -0.25) is 0 Å². The lowest BCUT2D eigenvalue weighted by Crippen LogP contribution is -2.47. The van der Waals surface area contributed by atoms with Crippen LogP contribution in [0.2, 0.25) is 0 Å². The highest BCUT2D eigenvalue weighted by Crippen LogP contribution is 2.35. The molecule has 1 aliphatic carbocycles. The van der Waals surface area contributed by atoms with Crippen molar-refractivity contribution < 1.29 is 0 Å². The van der Waals surface area contributed by atoms with E-state index < -0.39 is 0 Å². The van der Waals surface area contributed by atoms with Gasteiger partial charge in [0.05, 0.1) is 0 Å². The summed E-state index contributed by atoms with van der Waals surface area (Å²) in [5, 5.41) is 0. The van der Waals surface area contributed by atoms with E-state index in [9.17, 15) is 0 Å². The maximum Gasteiger partial charge on any atom is 0.0123 e. The molecule has 0 aromatic rings. The molecule has 2 nitrogen and oxygen atoms in total. The van der Waals surface area contributed by atoms with Crippen molar-refractivity contribution in [1.29, 1.82) is 0 Å². The molecule has 2 N–H and O–H groups in total. The highest BCUT2D eigenvalue weighted by molar-refractivity contribution is 4.87. The lowest BCUT2D eigenvalue weighted by molar-refractivity contribution is 0.0570. The molecule has 0 aromatic heterocycles. The number of nitrogens with two attached hydrogens (primary N) is 1. The number of piperidine rings is 1. The fraction of sp³-hybridized carbons (Fsp3) is 1.00. The summed E-state index contributed by atoms with van der Waals surface area (Å²) in [4.78, 5) is 2.83. The molecule has 2 unspecified atom stereocenters. The maximum atomic E-state index is 5.71. The first-order valence-corrected chi connectivity index (χ1v) is 8.56. The van der Waals surface area contributed by atoms with Gasteiger partial charge in [-0.25, -0.2) is 0 Å². The third kappa shape index (κ3) is 4.46. The second-order valence-corrected chi connectivity index (χ2v) is 7.60. The van der Waals surface area contributed by atoms with Gasteiger partial charge < -0.3 is 10.6 Å². The van der Waals surface area contributed by atoms with E-state index in [4.69, 9.17) is 5.73 Å². The van der Waals surface area contributed by atoms with Gasteiger partial charge in [0.1, 0.15) is 0 Å². The smallest absolute Gasteiger partial charge is 0.0123 e.